The zero-order valence-electron chi connectivity index (χ0n) is 6.57. The van der Waals surface area contributed by atoms with E-state index >= 15 is 0 Å². The van der Waals surface area contributed by atoms with Crippen LogP contribution in [-0.4, -0.2) is 5.71 Å². The Bertz CT molecular complexity index is 269. The van der Waals surface area contributed by atoms with Crippen molar-refractivity contribution in [3.05, 3.63) is 36.6 Å². The van der Waals surface area contributed by atoms with Crippen LogP contribution in [0.25, 0.3) is 0 Å². The Balaban J connectivity index is 2.35. The molecule has 0 bridgehead atoms. The van der Waals surface area contributed by atoms with Gasteiger partial charge in [0.15, 0.2) is 0 Å². The van der Waals surface area contributed by atoms with Crippen LogP contribution in [0.4, 0.5) is 0 Å². The van der Waals surface area contributed by atoms with Gasteiger partial charge in [0.2, 0.25) is 0 Å². The average molecular weight is 145 g/mol. The van der Waals surface area contributed by atoms with Gasteiger partial charge in [-0.05, 0) is 12.0 Å². The molecule has 0 spiro atoms. The summed E-state index contributed by atoms with van der Waals surface area (Å²) in [6.45, 7) is 2.22. The molecule has 0 aromatic carbocycles. The predicted molar refractivity (Wildman–Crippen MR) is 47.5 cm³/mol. The molecule has 2 aliphatic rings. The molecule has 0 saturated carbocycles. The summed E-state index contributed by atoms with van der Waals surface area (Å²) in [5.74, 6) is 1.12. The summed E-state index contributed by atoms with van der Waals surface area (Å²) < 4.78 is 0. The summed E-state index contributed by atoms with van der Waals surface area (Å²) in [5.41, 5.74) is 1.20. The van der Waals surface area contributed by atoms with E-state index < -0.39 is 0 Å². The van der Waals surface area contributed by atoms with E-state index in [1.54, 1.807) is 0 Å². The minimum Gasteiger partial charge on any atom is -0.261 e. The Kier molecular flexibility index (Phi) is 1.50. The summed E-state index contributed by atoms with van der Waals surface area (Å²) in [6, 6.07) is 0. The van der Waals surface area contributed by atoms with E-state index in [1.807, 2.05) is 12.3 Å². The molecule has 1 aliphatic heterocycles. The van der Waals surface area contributed by atoms with Crippen LogP contribution in [0.5, 0.6) is 0 Å². The Hall–Kier alpha value is -1.11. The second-order valence-electron chi connectivity index (χ2n) is 3.02. The molecule has 0 fully saturated rings. The quantitative estimate of drug-likeness (QED) is 0.496. The molecule has 0 aromatic heterocycles. The van der Waals surface area contributed by atoms with Crippen LogP contribution >= 0.6 is 0 Å². The molecule has 1 heterocycles. The standard InChI is InChI=1S/C10H11N/c1-8-6-7-11-10-5-3-2-4-9(8)10/h2-9H,1H3. The molecule has 1 heteroatoms. The number of hydrogen-bond acceptors (Lipinski definition) is 1. The van der Waals surface area contributed by atoms with Crippen LogP contribution < -0.4 is 0 Å². The van der Waals surface area contributed by atoms with Gasteiger partial charge in [0.05, 0.1) is 0 Å². The largest absolute Gasteiger partial charge is 0.261 e. The monoisotopic (exact) mass is 145 g/mol. The Morgan fingerprint density at radius 3 is 3.00 bits per heavy atom. The molecule has 0 amide bonds. The second-order valence-corrected chi connectivity index (χ2v) is 3.02. The molecule has 0 saturated heterocycles. The van der Waals surface area contributed by atoms with Crippen molar-refractivity contribution in [1.82, 2.24) is 0 Å². The number of aliphatic imine (C=N–C) groups is 1. The SMILES string of the molecule is CC1C=CN=C2C=CC=CC21. The molecule has 2 unspecified atom stereocenters. The highest BCUT2D eigenvalue weighted by Gasteiger charge is 2.19. The predicted octanol–water partition coefficient (Wildman–Crippen LogP) is 2.33. The highest BCUT2D eigenvalue weighted by atomic mass is 14.7. The van der Waals surface area contributed by atoms with Gasteiger partial charge >= 0.3 is 0 Å². The van der Waals surface area contributed by atoms with Gasteiger partial charge in [0.1, 0.15) is 0 Å². The fourth-order valence-corrected chi connectivity index (χ4v) is 1.51. The van der Waals surface area contributed by atoms with Gasteiger partial charge in [0, 0.05) is 17.8 Å². The fraction of sp³-hybridized carbons (Fsp3) is 0.300. The first kappa shape index (κ1) is 6.59. The van der Waals surface area contributed by atoms with Gasteiger partial charge in [0.25, 0.3) is 0 Å². The lowest BCUT2D eigenvalue weighted by molar-refractivity contribution is 0.633. The van der Waals surface area contributed by atoms with Crippen LogP contribution in [0.1, 0.15) is 6.92 Å². The smallest absolute Gasteiger partial charge is 0.0477 e. The summed E-state index contributed by atoms with van der Waals surface area (Å²) in [5, 5.41) is 0. The Morgan fingerprint density at radius 1 is 1.27 bits per heavy atom. The molecule has 0 aromatic rings. The van der Waals surface area contributed by atoms with Gasteiger partial charge < -0.3 is 0 Å². The molecule has 0 radical (unpaired) electrons. The summed E-state index contributed by atoms with van der Waals surface area (Å²) in [6.07, 6.45) is 12.5. The first-order valence-electron chi connectivity index (χ1n) is 3.97. The van der Waals surface area contributed by atoms with Crippen molar-refractivity contribution in [2.45, 2.75) is 6.92 Å². The maximum absolute atomic E-state index is 4.30. The van der Waals surface area contributed by atoms with Gasteiger partial charge in [-0.15, -0.1) is 0 Å². The number of rotatable bonds is 0. The highest BCUT2D eigenvalue weighted by Crippen LogP contribution is 2.23. The van der Waals surface area contributed by atoms with E-state index in [1.165, 1.54) is 5.71 Å². The van der Waals surface area contributed by atoms with Crippen LogP contribution in [0, 0.1) is 11.8 Å². The van der Waals surface area contributed by atoms with Crippen molar-refractivity contribution >= 4 is 5.71 Å². The lowest BCUT2D eigenvalue weighted by Crippen LogP contribution is -2.20. The van der Waals surface area contributed by atoms with Gasteiger partial charge in [-0.1, -0.05) is 31.2 Å². The van der Waals surface area contributed by atoms with Gasteiger partial charge in [-0.2, -0.15) is 0 Å². The highest BCUT2D eigenvalue weighted by molar-refractivity contribution is 6.00. The first-order chi connectivity index (χ1) is 5.38. The van der Waals surface area contributed by atoms with Crippen molar-refractivity contribution in [3.8, 4) is 0 Å². The lowest BCUT2D eigenvalue weighted by Gasteiger charge is -2.22. The van der Waals surface area contributed by atoms with E-state index in [-0.39, 0.29) is 0 Å². The topological polar surface area (TPSA) is 12.4 Å². The molecule has 1 nitrogen and oxygen atoms in total. The third-order valence-corrected chi connectivity index (χ3v) is 2.22. The molecular weight excluding hydrogens is 134 g/mol. The Labute approximate surface area is 66.8 Å². The summed E-state index contributed by atoms with van der Waals surface area (Å²) in [7, 11) is 0. The third-order valence-electron chi connectivity index (χ3n) is 2.22. The number of allylic oxidation sites excluding steroid dienone is 5. The van der Waals surface area contributed by atoms with E-state index in [9.17, 15) is 0 Å². The normalized spacial score (nSPS) is 33.4. The van der Waals surface area contributed by atoms with Crippen molar-refractivity contribution in [2.75, 3.05) is 0 Å². The van der Waals surface area contributed by atoms with Crippen LogP contribution in [-0.2, 0) is 0 Å². The number of fused-ring (bicyclic) bond motifs is 1. The molecule has 2 rings (SSSR count). The van der Waals surface area contributed by atoms with E-state index in [0.717, 1.165) is 0 Å². The Morgan fingerprint density at radius 2 is 2.18 bits per heavy atom. The number of nitrogens with zero attached hydrogens (tertiary/aromatic N) is 1. The van der Waals surface area contributed by atoms with E-state index in [0.29, 0.717) is 11.8 Å². The van der Waals surface area contributed by atoms with Gasteiger partial charge in [-0.3, -0.25) is 4.99 Å². The first-order valence-corrected chi connectivity index (χ1v) is 3.97. The van der Waals surface area contributed by atoms with Crippen molar-refractivity contribution in [3.63, 3.8) is 0 Å². The summed E-state index contributed by atoms with van der Waals surface area (Å²) >= 11 is 0. The molecule has 2 atom stereocenters. The van der Waals surface area contributed by atoms with Crippen LogP contribution in [0.2, 0.25) is 0 Å². The molecule has 56 valence electrons. The van der Waals surface area contributed by atoms with Gasteiger partial charge in [-0.25, -0.2) is 0 Å². The van der Waals surface area contributed by atoms with E-state index in [2.05, 4.69) is 36.2 Å². The van der Waals surface area contributed by atoms with E-state index in [4.69, 9.17) is 0 Å². The lowest BCUT2D eigenvalue weighted by atomic mass is 9.85. The minimum absolute atomic E-state index is 0.519. The van der Waals surface area contributed by atoms with Crippen LogP contribution in [0.15, 0.2) is 41.6 Å². The van der Waals surface area contributed by atoms with Crippen LogP contribution in [0.3, 0.4) is 0 Å². The minimum atomic E-state index is 0.519. The summed E-state index contributed by atoms with van der Waals surface area (Å²) in [4.78, 5) is 4.30. The van der Waals surface area contributed by atoms with Crippen molar-refractivity contribution in [1.29, 1.82) is 0 Å². The zero-order chi connectivity index (χ0) is 7.68. The maximum Gasteiger partial charge on any atom is 0.0477 e. The molecule has 11 heavy (non-hydrogen) atoms. The molecular formula is C10H11N. The molecule has 1 aliphatic carbocycles. The number of hydrogen-bond donors (Lipinski definition) is 0. The average Bonchev–Trinajstić information content (AvgIpc) is 2.06. The maximum atomic E-state index is 4.30. The second kappa shape index (κ2) is 2.50. The third kappa shape index (κ3) is 1.07. The van der Waals surface area contributed by atoms with Crippen molar-refractivity contribution in [2.24, 2.45) is 16.8 Å². The molecule has 0 N–H and O–H groups in total. The zero-order valence-corrected chi connectivity index (χ0v) is 6.57. The van der Waals surface area contributed by atoms with Crippen molar-refractivity contribution < 1.29 is 0 Å². The fourth-order valence-electron chi connectivity index (χ4n) is 1.51.